The maximum atomic E-state index is 17.2. The maximum Gasteiger partial charge on any atom is 0.329 e. The first-order valence-electron chi connectivity index (χ1n) is 24.6. The van der Waals surface area contributed by atoms with Gasteiger partial charge in [-0.05, 0) is 77.4 Å². The number of methoxy groups -OCH3 is 1. The molecule has 2 saturated heterocycles. The Morgan fingerprint density at radius 3 is 2.51 bits per heavy atom. The SMILES string of the molecule is COc1cc(N2CCN(CCc3cccc4c3n(C)c(=O)n4C3CCC(=O)NC3=O)CC2)ccc1-c1cc(C2=CCCN(C(=O)C(Cn3ccnn3)c3cccc(CO)c3)C2)c(F)c2[nH]c(C(=O)N(C)C)cc12. The van der Waals surface area contributed by atoms with Gasteiger partial charge in [0.25, 0.3) is 5.91 Å². The summed E-state index contributed by atoms with van der Waals surface area (Å²) in [6, 6.07) is 21.8. The van der Waals surface area contributed by atoms with Crippen molar-refractivity contribution in [3.8, 4) is 16.9 Å². The van der Waals surface area contributed by atoms with Crippen LogP contribution in [0.4, 0.5) is 10.1 Å². The second-order valence-electron chi connectivity index (χ2n) is 19.2. The summed E-state index contributed by atoms with van der Waals surface area (Å²) in [6.45, 7) is 4.41. The molecule has 7 aromatic rings. The number of hydrogen-bond donors (Lipinski definition) is 3. The number of aryl methyl sites for hydroxylation is 1. The van der Waals surface area contributed by atoms with Crippen LogP contribution in [-0.4, -0.2) is 140 Å². The Balaban J connectivity index is 0.893. The van der Waals surface area contributed by atoms with Crippen molar-refractivity contribution in [3.63, 3.8) is 0 Å². The van der Waals surface area contributed by atoms with Gasteiger partial charge in [-0.2, -0.15) is 0 Å². The fraction of sp³-hybridized carbons (Fsp3) is 0.352. The summed E-state index contributed by atoms with van der Waals surface area (Å²) in [6.07, 6.45) is 6.85. The van der Waals surface area contributed by atoms with Crippen LogP contribution < -0.4 is 20.6 Å². The predicted molar refractivity (Wildman–Crippen MR) is 274 cm³/mol. The molecule has 0 aliphatic carbocycles. The monoisotopic (exact) mass is 991 g/mol. The van der Waals surface area contributed by atoms with E-state index in [1.165, 1.54) is 9.47 Å². The van der Waals surface area contributed by atoms with Crippen molar-refractivity contribution in [2.24, 2.45) is 7.05 Å². The Labute approximate surface area is 420 Å². The number of hydrogen-bond acceptors (Lipinski definition) is 11. The van der Waals surface area contributed by atoms with Gasteiger partial charge >= 0.3 is 5.69 Å². The summed E-state index contributed by atoms with van der Waals surface area (Å²) in [4.78, 5) is 77.1. The molecular weight excluding hydrogens is 934 g/mol. The first kappa shape index (κ1) is 48.7. The van der Waals surface area contributed by atoms with Gasteiger partial charge < -0.3 is 29.5 Å². The number of rotatable bonds is 14. The zero-order valence-electron chi connectivity index (χ0n) is 41.3. The van der Waals surface area contributed by atoms with Gasteiger partial charge in [-0.3, -0.25) is 43.2 Å². The molecule has 0 saturated carbocycles. The highest BCUT2D eigenvalue weighted by atomic mass is 19.1. The number of ether oxygens (including phenoxy) is 1. The van der Waals surface area contributed by atoms with E-state index in [4.69, 9.17) is 4.74 Å². The zero-order valence-corrected chi connectivity index (χ0v) is 41.3. The molecule has 0 spiro atoms. The number of anilines is 1. The van der Waals surface area contributed by atoms with Crippen LogP contribution in [0.15, 0.2) is 96.1 Å². The minimum atomic E-state index is -0.746. The number of aliphatic hydroxyl groups is 1. The quantitative estimate of drug-likeness (QED) is 0.126. The Morgan fingerprint density at radius 2 is 1.77 bits per heavy atom. The minimum Gasteiger partial charge on any atom is -0.496 e. The first-order valence-corrected chi connectivity index (χ1v) is 24.6. The molecule has 6 heterocycles. The van der Waals surface area contributed by atoms with Gasteiger partial charge in [0.15, 0.2) is 5.82 Å². The van der Waals surface area contributed by atoms with Crippen molar-refractivity contribution in [2.45, 2.75) is 50.8 Å². The lowest BCUT2D eigenvalue weighted by atomic mass is 9.91. The number of amides is 4. The highest BCUT2D eigenvalue weighted by Gasteiger charge is 2.33. The number of imidazole rings is 1. The minimum absolute atomic E-state index is 0.133. The van der Waals surface area contributed by atoms with Crippen LogP contribution in [0.2, 0.25) is 0 Å². The lowest BCUT2D eigenvalue weighted by Gasteiger charge is -2.36. The molecule has 3 aliphatic heterocycles. The van der Waals surface area contributed by atoms with Gasteiger partial charge in [0.1, 0.15) is 17.5 Å². The van der Waals surface area contributed by atoms with Crippen LogP contribution in [0.25, 0.3) is 38.6 Å². The van der Waals surface area contributed by atoms with E-state index in [9.17, 15) is 29.1 Å². The third kappa shape index (κ3) is 9.41. The number of imide groups is 1. The zero-order chi connectivity index (χ0) is 51.1. The van der Waals surface area contributed by atoms with Gasteiger partial charge in [-0.25, -0.2) is 9.18 Å². The van der Waals surface area contributed by atoms with Gasteiger partial charge in [-0.15, -0.1) is 5.10 Å². The molecule has 19 heteroatoms. The van der Waals surface area contributed by atoms with E-state index in [2.05, 4.69) is 30.4 Å². The van der Waals surface area contributed by atoms with Crippen molar-refractivity contribution < 1.29 is 33.4 Å². The lowest BCUT2D eigenvalue weighted by Crippen LogP contribution is -2.47. The van der Waals surface area contributed by atoms with Crippen molar-refractivity contribution in [2.75, 3.05) is 71.9 Å². The number of aromatic nitrogens is 6. The summed E-state index contributed by atoms with van der Waals surface area (Å²) in [5.41, 5.74) is 7.21. The molecule has 2 fully saturated rings. The van der Waals surface area contributed by atoms with E-state index < -0.39 is 23.7 Å². The van der Waals surface area contributed by atoms with Crippen LogP contribution in [0.5, 0.6) is 5.75 Å². The number of aromatic amines is 1. The Bertz CT molecular complexity index is 3370. The molecule has 3 aliphatic rings. The Morgan fingerprint density at radius 1 is 0.959 bits per heavy atom. The van der Waals surface area contributed by atoms with Crippen molar-refractivity contribution >= 4 is 56.8 Å². The number of nitrogens with one attached hydrogen (secondary N) is 2. The molecule has 3 aromatic heterocycles. The van der Waals surface area contributed by atoms with Crippen LogP contribution >= 0.6 is 0 Å². The Hall–Kier alpha value is -7.90. The van der Waals surface area contributed by atoms with Crippen LogP contribution in [-0.2, 0) is 41.0 Å². The molecule has 0 bridgehead atoms. The highest BCUT2D eigenvalue weighted by molar-refractivity contribution is 6.05. The molecular formula is C54H58FN11O7. The van der Waals surface area contributed by atoms with Crippen molar-refractivity contribution in [1.82, 2.24) is 49.1 Å². The molecule has 2 atom stereocenters. The van der Waals surface area contributed by atoms with E-state index in [-0.39, 0.29) is 67.2 Å². The second-order valence-corrected chi connectivity index (χ2v) is 19.2. The summed E-state index contributed by atoms with van der Waals surface area (Å²) in [5.74, 6) is -1.89. The molecule has 4 aromatic carbocycles. The number of H-pyrrole nitrogens is 1. The van der Waals surface area contributed by atoms with E-state index in [0.29, 0.717) is 63.9 Å². The number of aliphatic hydroxyl groups excluding tert-OH is 1. The van der Waals surface area contributed by atoms with Gasteiger partial charge in [0.05, 0.1) is 48.9 Å². The number of halogens is 1. The van der Waals surface area contributed by atoms with Gasteiger partial charge in [0, 0.05) is 108 Å². The number of fused-ring (bicyclic) bond motifs is 2. The average Bonchev–Trinajstić information content (AvgIpc) is 4.17. The third-order valence-electron chi connectivity index (χ3n) is 14.6. The highest BCUT2D eigenvalue weighted by Crippen LogP contribution is 2.42. The van der Waals surface area contributed by atoms with E-state index in [1.807, 2.05) is 60.7 Å². The van der Waals surface area contributed by atoms with E-state index in [0.717, 1.165) is 55.1 Å². The molecule has 2 unspecified atom stereocenters. The Kier molecular flexibility index (Phi) is 13.6. The topological polar surface area (TPSA) is 196 Å². The number of carbonyl (C=O) groups excluding carboxylic acids is 4. The number of carbonyl (C=O) groups is 4. The molecule has 73 heavy (non-hydrogen) atoms. The third-order valence-corrected chi connectivity index (χ3v) is 14.6. The molecule has 0 radical (unpaired) electrons. The van der Waals surface area contributed by atoms with Crippen LogP contribution in [0.3, 0.4) is 0 Å². The largest absolute Gasteiger partial charge is 0.496 e. The number of nitrogens with zero attached hydrogens (tertiary/aromatic N) is 9. The fourth-order valence-corrected chi connectivity index (χ4v) is 10.7. The molecule has 378 valence electrons. The number of piperazine rings is 1. The van der Waals surface area contributed by atoms with Gasteiger partial charge in [0.2, 0.25) is 17.7 Å². The lowest BCUT2D eigenvalue weighted by molar-refractivity contribution is -0.136. The smallest absolute Gasteiger partial charge is 0.329 e. The van der Waals surface area contributed by atoms with Gasteiger partial charge in [-0.1, -0.05) is 47.7 Å². The summed E-state index contributed by atoms with van der Waals surface area (Å²) in [5, 5.41) is 20.9. The standard InChI is InChI=1S/C54H58FN11O7/c1-60(2)53(71)43-29-41-40(28-39(48(55)49(41)57-43)36-11-7-19-64(30-36)52(70)42(31-65-21-18-56-59-65)35-10-5-8-33(26-35)32-67)38-14-13-37(27-46(38)73-4)63-24-22-62(23-25-63)20-17-34-9-6-12-44-50(34)61(3)54(72)66(44)45-15-16-47(68)58-51(45)69/h5-6,8-14,18,21,26-29,42,45,57,67H,7,15-17,19-20,22-25,30-32H2,1-4H3,(H,58,68,69). The number of para-hydroxylation sites is 1. The van der Waals surface area contributed by atoms with Crippen LogP contribution in [0, 0.1) is 5.82 Å². The molecule has 4 amide bonds. The van der Waals surface area contributed by atoms with Crippen molar-refractivity contribution in [1.29, 1.82) is 0 Å². The fourth-order valence-electron chi connectivity index (χ4n) is 10.7. The predicted octanol–water partition coefficient (Wildman–Crippen LogP) is 4.86. The number of benzene rings is 4. The molecule has 3 N–H and O–H groups in total. The normalized spacial score (nSPS) is 17.0. The molecule has 10 rings (SSSR count). The second kappa shape index (κ2) is 20.3. The van der Waals surface area contributed by atoms with Crippen LogP contribution in [0.1, 0.15) is 64.0 Å². The average molecular weight is 992 g/mol. The summed E-state index contributed by atoms with van der Waals surface area (Å²) >= 11 is 0. The van der Waals surface area contributed by atoms with E-state index in [1.54, 1.807) is 73.0 Å². The summed E-state index contributed by atoms with van der Waals surface area (Å²) in [7, 11) is 6.61. The first-order chi connectivity index (χ1) is 35.3. The number of piperidine rings is 1. The maximum absolute atomic E-state index is 17.2. The summed E-state index contributed by atoms with van der Waals surface area (Å²) < 4.78 is 28.0. The van der Waals surface area contributed by atoms with Crippen molar-refractivity contribution in [3.05, 3.63) is 136 Å². The van der Waals surface area contributed by atoms with E-state index >= 15 is 4.39 Å². The molecule has 18 nitrogen and oxygen atoms in total.